The van der Waals surface area contributed by atoms with Crippen LogP contribution in [0, 0.1) is 13.8 Å². The fourth-order valence-electron chi connectivity index (χ4n) is 4.66. The topological polar surface area (TPSA) is 47.4 Å². The number of amides is 1. The summed E-state index contributed by atoms with van der Waals surface area (Å²) in [6.45, 7) is 5.93. The molecule has 1 amide bonds. The van der Waals surface area contributed by atoms with Gasteiger partial charge in [-0.2, -0.15) is 0 Å². The van der Waals surface area contributed by atoms with Crippen LogP contribution in [0.2, 0.25) is 5.02 Å². The quantitative estimate of drug-likeness (QED) is 0.360. The predicted octanol–water partition coefficient (Wildman–Crippen LogP) is 5.91. The van der Waals surface area contributed by atoms with Crippen molar-refractivity contribution in [2.75, 3.05) is 18.1 Å². The van der Waals surface area contributed by atoms with Gasteiger partial charge < -0.3 is 14.2 Å². The molecule has 0 bridgehead atoms. The lowest BCUT2D eigenvalue weighted by Gasteiger charge is -2.18. The van der Waals surface area contributed by atoms with Crippen molar-refractivity contribution in [3.8, 4) is 5.75 Å². The van der Waals surface area contributed by atoms with Crippen molar-refractivity contribution in [3.05, 3.63) is 88.7 Å². The smallest absolute Gasteiger partial charge is 0.227 e. The van der Waals surface area contributed by atoms with Crippen LogP contribution in [-0.4, -0.2) is 28.6 Å². The molecule has 1 unspecified atom stereocenters. The van der Waals surface area contributed by atoms with Gasteiger partial charge in [-0.15, -0.1) is 0 Å². The molecule has 4 aromatic rings. The van der Waals surface area contributed by atoms with Gasteiger partial charge in [0.1, 0.15) is 18.2 Å². The molecule has 3 aromatic carbocycles. The number of halogens is 1. The van der Waals surface area contributed by atoms with Crippen molar-refractivity contribution in [1.29, 1.82) is 0 Å². The zero-order chi connectivity index (χ0) is 22.9. The Morgan fingerprint density at radius 3 is 2.52 bits per heavy atom. The first-order valence-corrected chi connectivity index (χ1v) is 11.6. The number of hydrogen-bond donors (Lipinski definition) is 0. The molecule has 168 valence electrons. The lowest BCUT2D eigenvalue weighted by molar-refractivity contribution is -0.117. The second-order valence-electron chi connectivity index (χ2n) is 8.66. The van der Waals surface area contributed by atoms with E-state index >= 15 is 0 Å². The molecular formula is C27H26ClN3O2. The van der Waals surface area contributed by atoms with Crippen LogP contribution >= 0.6 is 11.6 Å². The Morgan fingerprint density at radius 2 is 1.76 bits per heavy atom. The second kappa shape index (κ2) is 8.91. The highest BCUT2D eigenvalue weighted by atomic mass is 35.5. The number of carbonyl (C=O) groups is 1. The van der Waals surface area contributed by atoms with Crippen molar-refractivity contribution in [1.82, 2.24) is 9.55 Å². The van der Waals surface area contributed by atoms with Gasteiger partial charge in [0.15, 0.2) is 0 Å². The number of anilines is 1. The molecule has 0 aliphatic carbocycles. The maximum absolute atomic E-state index is 12.9. The van der Waals surface area contributed by atoms with Crippen LogP contribution in [0.5, 0.6) is 5.75 Å². The SMILES string of the molecule is Cc1cc(C)cc(OCCn2c(C3CC(=O)N(c4ccc(Cl)cc4)C3)nc3ccccc32)c1. The molecular weight excluding hydrogens is 434 g/mol. The predicted molar refractivity (Wildman–Crippen MR) is 132 cm³/mol. The molecule has 33 heavy (non-hydrogen) atoms. The molecule has 0 spiro atoms. The van der Waals surface area contributed by atoms with Crippen LogP contribution in [0.25, 0.3) is 11.0 Å². The van der Waals surface area contributed by atoms with Crippen molar-refractivity contribution in [2.45, 2.75) is 32.7 Å². The molecule has 1 aliphatic rings. The van der Waals surface area contributed by atoms with Gasteiger partial charge in [0.25, 0.3) is 0 Å². The Morgan fingerprint density at radius 1 is 1.03 bits per heavy atom. The highest BCUT2D eigenvalue weighted by molar-refractivity contribution is 6.30. The minimum absolute atomic E-state index is 0.0155. The summed E-state index contributed by atoms with van der Waals surface area (Å²) in [6.07, 6.45) is 0.434. The first-order valence-electron chi connectivity index (χ1n) is 11.2. The Hall–Kier alpha value is -3.31. The Labute approximate surface area is 198 Å². The van der Waals surface area contributed by atoms with Gasteiger partial charge in [0.2, 0.25) is 5.91 Å². The summed E-state index contributed by atoms with van der Waals surface area (Å²) in [6, 6.07) is 21.8. The van der Waals surface area contributed by atoms with Crippen LogP contribution < -0.4 is 9.64 Å². The average molecular weight is 460 g/mol. The molecule has 1 aromatic heterocycles. The molecule has 1 saturated heterocycles. The van der Waals surface area contributed by atoms with Gasteiger partial charge in [-0.25, -0.2) is 4.98 Å². The summed E-state index contributed by atoms with van der Waals surface area (Å²) in [5, 5.41) is 0.660. The number of carbonyl (C=O) groups excluding carboxylic acids is 1. The molecule has 5 rings (SSSR count). The number of imidazole rings is 1. The molecule has 1 fully saturated rings. The number of ether oxygens (including phenoxy) is 1. The van der Waals surface area contributed by atoms with Gasteiger partial charge in [-0.05, 0) is 73.5 Å². The van der Waals surface area contributed by atoms with E-state index in [1.807, 2.05) is 47.4 Å². The minimum Gasteiger partial charge on any atom is -0.492 e. The molecule has 6 heteroatoms. The highest BCUT2D eigenvalue weighted by Gasteiger charge is 2.34. The Balaban J connectivity index is 1.40. The molecule has 2 heterocycles. The Bertz CT molecular complexity index is 1290. The number of rotatable bonds is 6. The van der Waals surface area contributed by atoms with Gasteiger partial charge in [0, 0.05) is 29.6 Å². The van der Waals surface area contributed by atoms with E-state index in [1.54, 1.807) is 0 Å². The lowest BCUT2D eigenvalue weighted by Crippen LogP contribution is -2.24. The van der Waals surface area contributed by atoms with Crippen molar-refractivity contribution in [2.24, 2.45) is 0 Å². The first kappa shape index (κ1) is 21.5. The zero-order valence-electron chi connectivity index (χ0n) is 18.8. The van der Waals surface area contributed by atoms with E-state index in [1.165, 1.54) is 11.1 Å². The normalized spacial score (nSPS) is 16.0. The first-order chi connectivity index (χ1) is 16.0. The fourth-order valence-corrected chi connectivity index (χ4v) is 4.79. The summed E-state index contributed by atoms with van der Waals surface area (Å²) >= 11 is 6.03. The van der Waals surface area contributed by atoms with E-state index in [4.69, 9.17) is 21.3 Å². The number of aromatic nitrogens is 2. The van der Waals surface area contributed by atoms with E-state index < -0.39 is 0 Å². The van der Waals surface area contributed by atoms with Gasteiger partial charge in [0.05, 0.1) is 17.6 Å². The van der Waals surface area contributed by atoms with E-state index in [-0.39, 0.29) is 11.8 Å². The van der Waals surface area contributed by atoms with E-state index in [0.717, 1.165) is 28.3 Å². The summed E-state index contributed by atoms with van der Waals surface area (Å²) in [7, 11) is 0. The summed E-state index contributed by atoms with van der Waals surface area (Å²) in [5.41, 5.74) is 5.24. The van der Waals surface area contributed by atoms with Crippen LogP contribution in [0.15, 0.2) is 66.7 Å². The second-order valence-corrected chi connectivity index (χ2v) is 9.10. The third kappa shape index (κ3) is 4.46. The molecule has 1 atom stereocenters. The fraction of sp³-hybridized carbons (Fsp3) is 0.259. The number of nitrogens with zero attached hydrogens (tertiary/aromatic N) is 3. The average Bonchev–Trinajstić information content (AvgIpc) is 3.34. The molecule has 5 nitrogen and oxygen atoms in total. The maximum Gasteiger partial charge on any atom is 0.227 e. The van der Waals surface area contributed by atoms with Crippen molar-refractivity contribution in [3.63, 3.8) is 0 Å². The van der Waals surface area contributed by atoms with Crippen LogP contribution in [0.3, 0.4) is 0 Å². The van der Waals surface area contributed by atoms with Gasteiger partial charge in [-0.3, -0.25) is 4.79 Å². The molecule has 0 saturated carbocycles. The third-order valence-corrected chi connectivity index (χ3v) is 6.34. The maximum atomic E-state index is 12.9. The van der Waals surface area contributed by atoms with Crippen LogP contribution in [0.4, 0.5) is 5.69 Å². The highest BCUT2D eigenvalue weighted by Crippen LogP contribution is 2.33. The summed E-state index contributed by atoms with van der Waals surface area (Å²) < 4.78 is 8.30. The van der Waals surface area contributed by atoms with Crippen LogP contribution in [0.1, 0.15) is 29.3 Å². The molecule has 0 radical (unpaired) electrons. The Kier molecular flexibility index (Phi) is 5.81. The number of benzene rings is 3. The van der Waals surface area contributed by atoms with E-state index in [0.29, 0.717) is 31.1 Å². The summed E-state index contributed by atoms with van der Waals surface area (Å²) in [5.74, 6) is 1.93. The number of fused-ring (bicyclic) bond motifs is 1. The van der Waals surface area contributed by atoms with Gasteiger partial charge >= 0.3 is 0 Å². The van der Waals surface area contributed by atoms with E-state index in [9.17, 15) is 4.79 Å². The van der Waals surface area contributed by atoms with E-state index in [2.05, 4.69) is 42.7 Å². The number of aryl methyl sites for hydroxylation is 2. The molecule has 0 N–H and O–H groups in total. The standard InChI is InChI=1S/C27H26ClN3O2/c1-18-13-19(2)15-23(14-18)33-12-11-30-25-6-4-3-5-24(25)29-27(30)20-16-26(32)31(17-20)22-9-7-21(28)8-10-22/h3-10,13-15,20H,11-12,16-17H2,1-2H3. The van der Waals surface area contributed by atoms with Crippen molar-refractivity contribution >= 4 is 34.2 Å². The number of para-hydroxylation sites is 2. The minimum atomic E-state index is 0.0155. The van der Waals surface area contributed by atoms with Gasteiger partial charge in [-0.1, -0.05) is 29.8 Å². The van der Waals surface area contributed by atoms with Crippen LogP contribution in [-0.2, 0) is 11.3 Å². The van der Waals surface area contributed by atoms with Crippen molar-refractivity contribution < 1.29 is 9.53 Å². The zero-order valence-corrected chi connectivity index (χ0v) is 19.5. The monoisotopic (exact) mass is 459 g/mol. The third-order valence-electron chi connectivity index (χ3n) is 6.09. The largest absolute Gasteiger partial charge is 0.492 e. The molecule has 1 aliphatic heterocycles. The lowest BCUT2D eigenvalue weighted by atomic mass is 10.1. The number of hydrogen-bond acceptors (Lipinski definition) is 3. The summed E-state index contributed by atoms with van der Waals surface area (Å²) in [4.78, 5) is 19.6.